The molecule has 0 fully saturated rings. The summed E-state index contributed by atoms with van der Waals surface area (Å²) >= 11 is 6.15. The van der Waals surface area contributed by atoms with E-state index in [0.717, 1.165) is 22.6 Å². The molecular weight excluding hydrogens is 495 g/mol. The van der Waals surface area contributed by atoms with Crippen LogP contribution in [-0.2, 0) is 22.2 Å². The molecule has 0 spiro atoms. The van der Waals surface area contributed by atoms with Crippen molar-refractivity contribution >= 4 is 40.7 Å². The van der Waals surface area contributed by atoms with Crippen LogP contribution in [0.5, 0.6) is 0 Å². The van der Waals surface area contributed by atoms with Crippen LogP contribution in [0.15, 0.2) is 89.6 Å². The van der Waals surface area contributed by atoms with E-state index in [-0.39, 0.29) is 28.5 Å². The van der Waals surface area contributed by atoms with Gasteiger partial charge in [0.1, 0.15) is 10.7 Å². The quantitative estimate of drug-likeness (QED) is 0.413. The fraction of sp³-hybridized carbons (Fsp3) is 0.115. The number of halogens is 4. The van der Waals surface area contributed by atoms with Gasteiger partial charge in [0.15, 0.2) is 0 Å². The van der Waals surface area contributed by atoms with Gasteiger partial charge in [0, 0.05) is 23.5 Å². The van der Waals surface area contributed by atoms with Gasteiger partial charge in [0.05, 0.1) is 5.56 Å². The van der Waals surface area contributed by atoms with Gasteiger partial charge in [0.2, 0.25) is 0 Å². The van der Waals surface area contributed by atoms with Crippen LogP contribution < -0.4 is 10.6 Å². The molecule has 3 aromatic rings. The molecule has 0 saturated heterocycles. The van der Waals surface area contributed by atoms with Crippen LogP contribution in [0.25, 0.3) is 0 Å². The first-order valence-electron chi connectivity index (χ1n) is 10.8. The third-order valence-electron chi connectivity index (χ3n) is 5.42. The van der Waals surface area contributed by atoms with Crippen molar-refractivity contribution in [3.63, 3.8) is 0 Å². The summed E-state index contributed by atoms with van der Waals surface area (Å²) < 4.78 is 38.8. The fourth-order valence-corrected chi connectivity index (χ4v) is 3.83. The van der Waals surface area contributed by atoms with E-state index in [9.17, 15) is 27.6 Å². The van der Waals surface area contributed by atoms with Gasteiger partial charge < -0.3 is 10.6 Å². The predicted molar refractivity (Wildman–Crippen MR) is 129 cm³/mol. The minimum atomic E-state index is -4.54. The van der Waals surface area contributed by atoms with Crippen molar-refractivity contribution < 1.29 is 27.6 Å². The Morgan fingerprint density at radius 1 is 0.861 bits per heavy atom. The Morgan fingerprint density at radius 2 is 1.56 bits per heavy atom. The van der Waals surface area contributed by atoms with Gasteiger partial charge in [-0.3, -0.25) is 19.3 Å². The van der Waals surface area contributed by atoms with E-state index in [1.165, 1.54) is 30.3 Å². The van der Waals surface area contributed by atoms with Gasteiger partial charge >= 0.3 is 6.18 Å². The molecule has 36 heavy (non-hydrogen) atoms. The molecule has 0 saturated carbocycles. The van der Waals surface area contributed by atoms with Crippen molar-refractivity contribution in [1.82, 2.24) is 4.90 Å². The second-order valence-corrected chi connectivity index (χ2v) is 8.30. The monoisotopic (exact) mass is 513 g/mol. The summed E-state index contributed by atoms with van der Waals surface area (Å²) in [5.41, 5.74) is 0.334. The van der Waals surface area contributed by atoms with E-state index < -0.39 is 29.5 Å². The molecule has 2 N–H and O–H groups in total. The third kappa shape index (κ3) is 5.58. The van der Waals surface area contributed by atoms with Gasteiger partial charge in [-0.2, -0.15) is 13.2 Å². The van der Waals surface area contributed by atoms with Crippen LogP contribution in [0.4, 0.5) is 24.5 Å². The number of nitrogens with zero attached hydrogens (tertiary/aromatic N) is 1. The lowest BCUT2D eigenvalue weighted by atomic mass is 10.1. The van der Waals surface area contributed by atoms with Crippen LogP contribution in [0.1, 0.15) is 21.5 Å². The van der Waals surface area contributed by atoms with E-state index in [4.69, 9.17) is 11.6 Å². The maximum absolute atomic E-state index is 12.9. The first-order chi connectivity index (χ1) is 17.1. The lowest BCUT2D eigenvalue weighted by Gasteiger charge is -2.15. The summed E-state index contributed by atoms with van der Waals surface area (Å²) in [5, 5.41) is 4.94. The third-order valence-corrected chi connectivity index (χ3v) is 5.77. The highest BCUT2D eigenvalue weighted by molar-refractivity contribution is 6.48. The second-order valence-electron chi connectivity index (χ2n) is 7.93. The van der Waals surface area contributed by atoms with Crippen molar-refractivity contribution in [2.45, 2.75) is 12.6 Å². The molecule has 10 heteroatoms. The molecule has 0 atom stereocenters. The van der Waals surface area contributed by atoms with Crippen LogP contribution in [-0.4, -0.2) is 29.2 Å². The number of imide groups is 1. The summed E-state index contributed by atoms with van der Waals surface area (Å²) in [6.45, 7) is 0.141. The maximum atomic E-state index is 12.9. The number of carbonyl (C=O) groups is 3. The molecule has 0 bridgehead atoms. The Kier molecular flexibility index (Phi) is 7.12. The minimum Gasteiger partial charge on any atom is -0.350 e. The smallest absolute Gasteiger partial charge is 0.350 e. The summed E-state index contributed by atoms with van der Waals surface area (Å²) in [6.07, 6.45) is -4.08. The normalized spacial score (nSPS) is 13.8. The number of carbonyl (C=O) groups excluding carboxylic acids is 3. The largest absolute Gasteiger partial charge is 0.416 e. The van der Waals surface area contributed by atoms with E-state index >= 15 is 0 Å². The Hall–Kier alpha value is -4.11. The molecule has 0 aliphatic carbocycles. The zero-order valence-corrected chi connectivity index (χ0v) is 19.4. The van der Waals surface area contributed by atoms with Crippen LogP contribution >= 0.6 is 11.6 Å². The Labute approximate surface area is 209 Å². The van der Waals surface area contributed by atoms with Gasteiger partial charge in [-0.05, 0) is 48.4 Å². The molecule has 3 amide bonds. The summed E-state index contributed by atoms with van der Waals surface area (Å²) in [6, 6.07) is 19.5. The van der Waals surface area contributed by atoms with Crippen molar-refractivity contribution in [1.29, 1.82) is 0 Å². The van der Waals surface area contributed by atoms with Crippen LogP contribution in [0.3, 0.4) is 0 Å². The van der Waals surface area contributed by atoms with Crippen molar-refractivity contribution in [2.24, 2.45) is 0 Å². The van der Waals surface area contributed by atoms with Crippen molar-refractivity contribution in [3.8, 4) is 0 Å². The highest BCUT2D eigenvalue weighted by Gasteiger charge is 2.37. The number of alkyl halides is 3. The molecule has 1 heterocycles. The molecular formula is C26H19ClF3N3O3. The van der Waals surface area contributed by atoms with Crippen LogP contribution in [0.2, 0.25) is 0 Å². The summed E-state index contributed by atoms with van der Waals surface area (Å²) in [4.78, 5) is 39.1. The SMILES string of the molecule is O=C(Nc1cccc(C(F)(F)F)c1)c1cccc(NC2=C(Cl)C(=O)N(CCc3ccccc3)C2=O)c1. The standard InChI is InChI=1S/C26H19ClF3N3O3/c27-21-22(25(36)33(24(21)35)13-12-16-6-2-1-3-7-16)31-19-10-4-8-17(14-19)23(34)32-20-11-5-9-18(15-20)26(28,29)30/h1-11,14-15,31H,12-13H2,(H,32,34). The van der Waals surface area contributed by atoms with Gasteiger partial charge in [-0.25, -0.2) is 0 Å². The minimum absolute atomic E-state index is 0.0236. The summed E-state index contributed by atoms with van der Waals surface area (Å²) in [5.74, 6) is -1.88. The van der Waals surface area contributed by atoms with E-state index in [1.54, 1.807) is 6.07 Å². The number of amides is 3. The van der Waals surface area contributed by atoms with E-state index in [1.807, 2.05) is 30.3 Å². The number of hydrogen-bond acceptors (Lipinski definition) is 4. The molecule has 4 rings (SSSR count). The van der Waals surface area contributed by atoms with E-state index in [0.29, 0.717) is 12.1 Å². The molecule has 1 aliphatic heterocycles. The number of nitrogens with one attached hydrogen (secondary N) is 2. The van der Waals surface area contributed by atoms with Gasteiger partial charge in [-0.1, -0.05) is 54.1 Å². The average molecular weight is 514 g/mol. The lowest BCUT2D eigenvalue weighted by molar-refractivity contribution is -0.138. The molecule has 6 nitrogen and oxygen atoms in total. The van der Waals surface area contributed by atoms with Crippen LogP contribution in [0, 0.1) is 0 Å². The molecule has 0 aromatic heterocycles. The predicted octanol–water partition coefficient (Wildman–Crippen LogP) is 5.43. The Morgan fingerprint density at radius 3 is 2.28 bits per heavy atom. The van der Waals surface area contributed by atoms with Gasteiger partial charge in [0.25, 0.3) is 17.7 Å². The van der Waals surface area contributed by atoms with Crippen molar-refractivity contribution in [3.05, 3.63) is 106 Å². The number of rotatable bonds is 7. The first kappa shape index (κ1) is 25.0. The highest BCUT2D eigenvalue weighted by Crippen LogP contribution is 2.31. The molecule has 1 aliphatic rings. The highest BCUT2D eigenvalue weighted by atomic mass is 35.5. The lowest BCUT2D eigenvalue weighted by Crippen LogP contribution is -2.34. The number of anilines is 2. The summed E-state index contributed by atoms with van der Waals surface area (Å²) in [7, 11) is 0. The average Bonchev–Trinajstić information content (AvgIpc) is 3.06. The topological polar surface area (TPSA) is 78.5 Å². The zero-order chi connectivity index (χ0) is 25.9. The fourth-order valence-electron chi connectivity index (χ4n) is 3.60. The van der Waals surface area contributed by atoms with Crippen molar-refractivity contribution in [2.75, 3.05) is 17.2 Å². The zero-order valence-electron chi connectivity index (χ0n) is 18.6. The first-order valence-corrected chi connectivity index (χ1v) is 11.2. The molecule has 3 aromatic carbocycles. The molecule has 0 unspecified atom stereocenters. The van der Waals surface area contributed by atoms with E-state index in [2.05, 4.69) is 10.6 Å². The second kappa shape index (κ2) is 10.2. The number of hydrogen-bond donors (Lipinski definition) is 2. The Balaban J connectivity index is 1.45. The molecule has 184 valence electrons. The Bertz CT molecular complexity index is 1360. The number of benzene rings is 3. The van der Waals surface area contributed by atoms with Gasteiger partial charge in [-0.15, -0.1) is 0 Å². The molecule has 0 radical (unpaired) electrons. The maximum Gasteiger partial charge on any atom is 0.416 e.